The summed E-state index contributed by atoms with van der Waals surface area (Å²) in [7, 11) is 1.85. The van der Waals surface area contributed by atoms with E-state index < -0.39 is 0 Å². The quantitative estimate of drug-likeness (QED) is 0.838. The van der Waals surface area contributed by atoms with Gasteiger partial charge in [-0.05, 0) is 20.3 Å². The normalized spacial score (nSPS) is 11.0. The number of anilines is 1. The number of nitrogens with two attached hydrogens (primary N) is 1. The number of rotatable bonds is 2. The number of aryl methyl sites for hydroxylation is 4. The molecule has 0 aliphatic heterocycles. The molecule has 0 bridgehead atoms. The Kier molecular flexibility index (Phi) is 2.46. The van der Waals surface area contributed by atoms with Crippen molar-refractivity contribution in [2.45, 2.75) is 27.2 Å². The second kappa shape index (κ2) is 3.66. The smallest absolute Gasteiger partial charge is 0.247 e. The summed E-state index contributed by atoms with van der Waals surface area (Å²) in [5.74, 6) is 1.36. The third-order valence-electron chi connectivity index (χ3n) is 2.73. The van der Waals surface area contributed by atoms with E-state index in [0.717, 1.165) is 29.3 Å². The first-order valence-corrected chi connectivity index (χ1v) is 5.30. The summed E-state index contributed by atoms with van der Waals surface area (Å²) in [5.41, 5.74) is 9.20. The fraction of sp³-hybridized carbons (Fsp3) is 0.455. The zero-order chi connectivity index (χ0) is 11.9. The maximum atomic E-state index is 6.02. The van der Waals surface area contributed by atoms with Gasteiger partial charge in [0, 0.05) is 7.05 Å². The van der Waals surface area contributed by atoms with E-state index in [2.05, 4.69) is 10.1 Å². The molecule has 2 heterocycles. The van der Waals surface area contributed by atoms with E-state index in [4.69, 9.17) is 10.2 Å². The predicted molar refractivity (Wildman–Crippen MR) is 62.0 cm³/mol. The van der Waals surface area contributed by atoms with Gasteiger partial charge in [0.1, 0.15) is 11.5 Å². The Labute approximate surface area is 94.3 Å². The Morgan fingerprint density at radius 1 is 1.38 bits per heavy atom. The molecule has 0 saturated carbocycles. The number of nitrogens with zero attached hydrogens (tertiary/aromatic N) is 3. The number of hydrogen-bond acceptors (Lipinski definition) is 4. The zero-order valence-corrected chi connectivity index (χ0v) is 10.0. The van der Waals surface area contributed by atoms with Crippen molar-refractivity contribution in [3.8, 4) is 11.6 Å². The molecule has 0 amide bonds. The van der Waals surface area contributed by atoms with Gasteiger partial charge in [-0.2, -0.15) is 5.10 Å². The molecule has 0 spiro atoms. The first kappa shape index (κ1) is 10.7. The molecule has 0 atom stereocenters. The van der Waals surface area contributed by atoms with Gasteiger partial charge >= 0.3 is 0 Å². The minimum absolute atomic E-state index is 0.544. The van der Waals surface area contributed by atoms with Crippen LogP contribution in [0.4, 0.5) is 5.69 Å². The summed E-state index contributed by atoms with van der Waals surface area (Å²) in [5, 5.41) is 4.34. The summed E-state index contributed by atoms with van der Waals surface area (Å²) in [6, 6.07) is 0. The molecule has 86 valence electrons. The third kappa shape index (κ3) is 1.48. The van der Waals surface area contributed by atoms with Crippen LogP contribution in [0.1, 0.15) is 24.1 Å². The lowest BCUT2D eigenvalue weighted by atomic mass is 10.2. The predicted octanol–water partition coefficient (Wildman–Crippen LogP) is 1.84. The van der Waals surface area contributed by atoms with Crippen molar-refractivity contribution < 1.29 is 4.42 Å². The second-order valence-electron chi connectivity index (χ2n) is 3.85. The topological polar surface area (TPSA) is 69.9 Å². The monoisotopic (exact) mass is 220 g/mol. The highest BCUT2D eigenvalue weighted by atomic mass is 16.4. The highest BCUT2D eigenvalue weighted by Gasteiger charge is 2.18. The number of nitrogen functional groups attached to an aromatic ring is 1. The molecule has 0 radical (unpaired) electrons. The molecule has 2 aromatic heterocycles. The van der Waals surface area contributed by atoms with Crippen LogP contribution in [-0.2, 0) is 13.5 Å². The van der Waals surface area contributed by atoms with Crippen LogP contribution in [-0.4, -0.2) is 14.8 Å². The second-order valence-corrected chi connectivity index (χ2v) is 3.85. The molecule has 0 aromatic carbocycles. The first-order chi connectivity index (χ1) is 7.54. The van der Waals surface area contributed by atoms with Crippen molar-refractivity contribution in [2.24, 2.45) is 7.05 Å². The standard InChI is InChI=1S/C11H16N4O/c1-5-8-9(12)10(15(4)14-8)11-13-6(2)7(3)16-11/h5,12H2,1-4H3. The average molecular weight is 220 g/mol. The van der Waals surface area contributed by atoms with Gasteiger partial charge in [-0.3, -0.25) is 4.68 Å². The SMILES string of the molecule is CCc1nn(C)c(-c2nc(C)c(C)o2)c1N. The van der Waals surface area contributed by atoms with Crippen LogP contribution in [0.2, 0.25) is 0 Å². The Morgan fingerprint density at radius 3 is 2.50 bits per heavy atom. The highest BCUT2D eigenvalue weighted by Crippen LogP contribution is 2.28. The van der Waals surface area contributed by atoms with Crippen LogP contribution in [0.25, 0.3) is 11.6 Å². The van der Waals surface area contributed by atoms with E-state index >= 15 is 0 Å². The molecule has 2 aromatic rings. The fourth-order valence-electron chi connectivity index (χ4n) is 1.68. The van der Waals surface area contributed by atoms with Gasteiger partial charge in [0.05, 0.1) is 17.1 Å². The molecule has 2 N–H and O–H groups in total. The summed E-state index contributed by atoms with van der Waals surface area (Å²) in [6.07, 6.45) is 0.804. The largest absolute Gasteiger partial charge is 0.440 e. The Bertz CT molecular complexity index is 505. The number of hydrogen-bond donors (Lipinski definition) is 1. The van der Waals surface area contributed by atoms with Crippen molar-refractivity contribution in [3.63, 3.8) is 0 Å². The van der Waals surface area contributed by atoms with Crippen LogP contribution in [0, 0.1) is 13.8 Å². The summed E-state index contributed by atoms with van der Waals surface area (Å²) >= 11 is 0. The minimum atomic E-state index is 0.544. The van der Waals surface area contributed by atoms with Gasteiger partial charge in [0.25, 0.3) is 0 Å². The molecule has 5 nitrogen and oxygen atoms in total. The lowest BCUT2D eigenvalue weighted by Gasteiger charge is -1.97. The van der Waals surface area contributed by atoms with Crippen LogP contribution in [0.15, 0.2) is 4.42 Å². The van der Waals surface area contributed by atoms with E-state index in [-0.39, 0.29) is 0 Å². The molecule has 5 heteroatoms. The molecule has 0 aliphatic rings. The van der Waals surface area contributed by atoms with E-state index in [1.165, 1.54) is 0 Å². The molecule has 0 fully saturated rings. The van der Waals surface area contributed by atoms with E-state index in [9.17, 15) is 0 Å². The number of oxazole rings is 1. The van der Waals surface area contributed by atoms with E-state index in [1.807, 2.05) is 27.8 Å². The van der Waals surface area contributed by atoms with Crippen LogP contribution < -0.4 is 5.73 Å². The summed E-state index contributed by atoms with van der Waals surface area (Å²) in [4.78, 5) is 4.34. The average Bonchev–Trinajstić information content (AvgIpc) is 2.69. The van der Waals surface area contributed by atoms with Gasteiger partial charge in [-0.15, -0.1) is 0 Å². The molecular formula is C11H16N4O. The Balaban J connectivity index is 2.59. The molecule has 2 rings (SSSR count). The van der Waals surface area contributed by atoms with E-state index in [1.54, 1.807) is 4.68 Å². The van der Waals surface area contributed by atoms with E-state index in [0.29, 0.717) is 11.6 Å². The summed E-state index contributed by atoms with van der Waals surface area (Å²) < 4.78 is 7.29. The van der Waals surface area contributed by atoms with Crippen molar-refractivity contribution >= 4 is 5.69 Å². The Hall–Kier alpha value is -1.78. The third-order valence-corrected chi connectivity index (χ3v) is 2.73. The minimum Gasteiger partial charge on any atom is -0.440 e. The Morgan fingerprint density at radius 2 is 2.06 bits per heavy atom. The maximum absolute atomic E-state index is 6.02. The lowest BCUT2D eigenvalue weighted by molar-refractivity contribution is 0.534. The van der Waals surface area contributed by atoms with Gasteiger partial charge < -0.3 is 10.2 Å². The van der Waals surface area contributed by atoms with Crippen molar-refractivity contribution in [3.05, 3.63) is 17.1 Å². The van der Waals surface area contributed by atoms with Crippen LogP contribution in [0.3, 0.4) is 0 Å². The number of aromatic nitrogens is 3. The molecule has 0 unspecified atom stereocenters. The van der Waals surface area contributed by atoms with Crippen molar-refractivity contribution in [1.82, 2.24) is 14.8 Å². The summed E-state index contributed by atoms with van der Waals surface area (Å²) in [6.45, 7) is 5.82. The molecule has 0 saturated heterocycles. The molecule has 16 heavy (non-hydrogen) atoms. The van der Waals surface area contributed by atoms with Gasteiger partial charge in [-0.1, -0.05) is 6.92 Å². The molecule has 0 aliphatic carbocycles. The lowest BCUT2D eigenvalue weighted by Crippen LogP contribution is -1.95. The van der Waals surface area contributed by atoms with Gasteiger partial charge in [0.15, 0.2) is 0 Å². The van der Waals surface area contributed by atoms with Gasteiger partial charge in [0.2, 0.25) is 5.89 Å². The zero-order valence-electron chi connectivity index (χ0n) is 10.0. The van der Waals surface area contributed by atoms with Gasteiger partial charge in [-0.25, -0.2) is 4.98 Å². The van der Waals surface area contributed by atoms with Crippen molar-refractivity contribution in [1.29, 1.82) is 0 Å². The maximum Gasteiger partial charge on any atom is 0.247 e. The molecular weight excluding hydrogens is 204 g/mol. The van der Waals surface area contributed by atoms with Crippen LogP contribution >= 0.6 is 0 Å². The fourth-order valence-corrected chi connectivity index (χ4v) is 1.68. The highest BCUT2D eigenvalue weighted by molar-refractivity contribution is 5.69. The van der Waals surface area contributed by atoms with Crippen molar-refractivity contribution in [2.75, 3.05) is 5.73 Å². The van der Waals surface area contributed by atoms with Crippen LogP contribution in [0.5, 0.6) is 0 Å². The first-order valence-electron chi connectivity index (χ1n) is 5.30.